The van der Waals surface area contributed by atoms with Gasteiger partial charge in [0.05, 0.1) is 0 Å². The van der Waals surface area contributed by atoms with Crippen LogP contribution in [0.1, 0.15) is 25.7 Å². The number of nitrogens with one attached hydrogen (secondary N) is 2. The monoisotopic (exact) mass is 576 g/mol. The Kier molecular flexibility index (Phi) is 16.9. The van der Waals surface area contributed by atoms with Crippen molar-refractivity contribution < 1.29 is 0 Å². The van der Waals surface area contributed by atoms with E-state index in [2.05, 4.69) is 30.6 Å². The summed E-state index contributed by atoms with van der Waals surface area (Å²) in [5.74, 6) is 0.564. The highest BCUT2D eigenvalue weighted by Crippen LogP contribution is 2.16. The van der Waals surface area contributed by atoms with Gasteiger partial charge >= 0.3 is 0 Å². The molecule has 0 amide bonds. The Morgan fingerprint density at radius 3 is 1.39 bits per heavy atom. The van der Waals surface area contributed by atoms with Crippen LogP contribution in [-0.4, -0.2) is 36.9 Å². The lowest BCUT2D eigenvalue weighted by Gasteiger charge is -2.12. The normalized spacial score (nSPS) is 10.9. The number of nitrogens with zero attached hydrogens (tertiary/aromatic N) is 4. The van der Waals surface area contributed by atoms with Crippen molar-refractivity contribution in [2.45, 2.75) is 25.7 Å². The third-order valence-electron chi connectivity index (χ3n) is 4.30. The van der Waals surface area contributed by atoms with Crippen molar-refractivity contribution in [1.82, 2.24) is 0 Å². The van der Waals surface area contributed by atoms with E-state index in [1.54, 1.807) is 24.3 Å². The number of anilines is 2. The summed E-state index contributed by atoms with van der Waals surface area (Å²) in [5.41, 5.74) is 23.7. The van der Waals surface area contributed by atoms with Gasteiger partial charge in [-0.05, 0) is 61.4 Å². The van der Waals surface area contributed by atoms with Gasteiger partial charge in [-0.3, -0.25) is 9.98 Å². The van der Waals surface area contributed by atoms with Crippen LogP contribution >= 0.6 is 48.0 Å². The third-order valence-corrected chi connectivity index (χ3v) is 4.80. The second-order valence-corrected chi connectivity index (χ2v) is 8.03. The van der Waals surface area contributed by atoms with Crippen molar-refractivity contribution in [3.8, 4) is 0 Å². The molecule has 0 spiro atoms. The zero-order valence-corrected chi connectivity index (χ0v) is 22.7. The summed E-state index contributed by atoms with van der Waals surface area (Å²) in [6, 6.07) is 14.5. The zero-order valence-electron chi connectivity index (χ0n) is 19.5. The molecular formula is C22H32Cl4N10. The van der Waals surface area contributed by atoms with Gasteiger partial charge < -0.3 is 33.6 Å². The van der Waals surface area contributed by atoms with Crippen LogP contribution < -0.4 is 33.6 Å². The Morgan fingerprint density at radius 2 is 1.00 bits per heavy atom. The summed E-state index contributed by atoms with van der Waals surface area (Å²) in [5, 5.41) is 7.65. The number of rotatable bonds is 9. The van der Waals surface area contributed by atoms with Gasteiger partial charge in [0, 0.05) is 34.5 Å². The lowest BCUT2D eigenvalue weighted by Crippen LogP contribution is -2.26. The maximum atomic E-state index is 6.04. The molecule has 0 saturated carbocycles. The van der Waals surface area contributed by atoms with Gasteiger partial charge in [0.25, 0.3) is 0 Å². The van der Waals surface area contributed by atoms with Crippen molar-refractivity contribution in [2.75, 3.05) is 23.7 Å². The van der Waals surface area contributed by atoms with E-state index >= 15 is 0 Å². The largest absolute Gasteiger partial charge is 0.370 e. The number of unbranched alkanes of at least 4 members (excludes halogenated alkanes) is 3. The van der Waals surface area contributed by atoms with Crippen LogP contribution in [0, 0.1) is 0 Å². The van der Waals surface area contributed by atoms with Crippen LogP contribution in [0.5, 0.6) is 0 Å². The van der Waals surface area contributed by atoms with Gasteiger partial charge in [0.15, 0.2) is 5.96 Å². The van der Waals surface area contributed by atoms with E-state index in [0.717, 1.165) is 37.1 Å². The third kappa shape index (κ3) is 14.5. The molecule has 10 N–H and O–H groups in total. The van der Waals surface area contributed by atoms with Crippen LogP contribution in [0.25, 0.3) is 0 Å². The number of aliphatic imine (C=N–C) groups is 4. The lowest BCUT2D eigenvalue weighted by molar-refractivity contribution is 0.653. The number of benzene rings is 2. The molecule has 198 valence electrons. The number of halogens is 4. The molecule has 0 aliphatic carbocycles. The molecule has 0 fully saturated rings. The molecule has 14 heteroatoms. The van der Waals surface area contributed by atoms with Crippen molar-refractivity contribution >= 4 is 83.2 Å². The van der Waals surface area contributed by atoms with Gasteiger partial charge in [-0.25, -0.2) is 0 Å². The van der Waals surface area contributed by atoms with Crippen LogP contribution in [-0.2, 0) is 0 Å². The molecule has 0 radical (unpaired) electrons. The molecule has 2 rings (SSSR count). The van der Waals surface area contributed by atoms with Crippen molar-refractivity contribution in [3.63, 3.8) is 0 Å². The highest BCUT2D eigenvalue weighted by Gasteiger charge is 2.04. The molecule has 0 aliphatic heterocycles. The summed E-state index contributed by atoms with van der Waals surface area (Å²) >= 11 is 11.9. The summed E-state index contributed by atoms with van der Waals surface area (Å²) in [4.78, 5) is 16.5. The van der Waals surface area contributed by atoms with Gasteiger partial charge in [-0.2, -0.15) is 9.98 Å². The molecule has 10 nitrogen and oxygen atoms in total. The SMILES string of the molecule is Cl.Cl.NC(N)=NC(N)=NCCCCCCN=C(N)N=C(Nc1ccc(Cl)cc1)Nc1ccc(Cl)cc1. The van der Waals surface area contributed by atoms with E-state index in [0.29, 0.717) is 29.1 Å². The summed E-state index contributed by atoms with van der Waals surface area (Å²) in [6.45, 7) is 1.12. The minimum absolute atomic E-state index is 0. The Hall–Kier alpha value is -2.92. The standard InChI is InChI=1S/C22H30Cl2N10.2ClH/c23-15-5-9-17(10-6-15)31-22(32-18-11-7-16(24)8-12-18)34-21(28)30-14-4-2-1-3-13-29-20(27)33-19(25)26;;/h5-12H,1-4,13-14H2,(H6,25,26,27,29,33)(H4,28,30,31,32,34);2*1H. The van der Waals surface area contributed by atoms with Gasteiger partial charge in [0.2, 0.25) is 17.9 Å². The van der Waals surface area contributed by atoms with Gasteiger partial charge in [-0.15, -0.1) is 24.8 Å². The Morgan fingerprint density at radius 1 is 0.611 bits per heavy atom. The maximum absolute atomic E-state index is 6.04. The first kappa shape index (κ1) is 33.1. The van der Waals surface area contributed by atoms with Crippen molar-refractivity contribution in [2.24, 2.45) is 42.9 Å². The quantitative estimate of drug-likeness (QED) is 0.148. The first-order valence-corrected chi connectivity index (χ1v) is 11.4. The van der Waals surface area contributed by atoms with Crippen LogP contribution in [0.2, 0.25) is 10.0 Å². The maximum Gasteiger partial charge on any atom is 0.218 e. The van der Waals surface area contributed by atoms with Crippen LogP contribution in [0.4, 0.5) is 11.4 Å². The van der Waals surface area contributed by atoms with E-state index in [9.17, 15) is 0 Å². The first-order valence-electron chi connectivity index (χ1n) is 10.6. The summed E-state index contributed by atoms with van der Waals surface area (Å²) < 4.78 is 0. The number of nitrogens with two attached hydrogens (primary N) is 4. The minimum Gasteiger partial charge on any atom is -0.370 e. The molecule has 0 atom stereocenters. The average molecular weight is 578 g/mol. The predicted octanol–water partition coefficient (Wildman–Crippen LogP) is 4.18. The van der Waals surface area contributed by atoms with E-state index in [1.807, 2.05) is 24.3 Å². The smallest absolute Gasteiger partial charge is 0.218 e. The Labute approximate surface area is 233 Å². The molecule has 0 aliphatic rings. The van der Waals surface area contributed by atoms with E-state index < -0.39 is 0 Å². The molecule has 0 saturated heterocycles. The average Bonchev–Trinajstić information content (AvgIpc) is 2.78. The highest BCUT2D eigenvalue weighted by atomic mass is 35.5. The highest BCUT2D eigenvalue weighted by molar-refractivity contribution is 6.31. The summed E-state index contributed by atoms with van der Waals surface area (Å²) in [6.07, 6.45) is 3.68. The zero-order chi connectivity index (χ0) is 24.8. The molecule has 36 heavy (non-hydrogen) atoms. The second kappa shape index (κ2) is 18.4. The number of hydrogen-bond acceptors (Lipinski definition) is 2. The molecule has 0 aromatic heterocycles. The van der Waals surface area contributed by atoms with E-state index in [1.165, 1.54) is 0 Å². The molecule has 0 bridgehead atoms. The van der Waals surface area contributed by atoms with E-state index in [-0.39, 0.29) is 42.7 Å². The fourth-order valence-electron chi connectivity index (χ4n) is 2.71. The van der Waals surface area contributed by atoms with Gasteiger partial charge in [0.1, 0.15) is 0 Å². The summed E-state index contributed by atoms with van der Waals surface area (Å²) in [7, 11) is 0. The van der Waals surface area contributed by atoms with Crippen molar-refractivity contribution in [3.05, 3.63) is 58.6 Å². The van der Waals surface area contributed by atoms with E-state index in [4.69, 9.17) is 46.1 Å². The van der Waals surface area contributed by atoms with Crippen molar-refractivity contribution in [1.29, 1.82) is 0 Å². The number of guanidine groups is 4. The molecule has 2 aromatic rings. The fourth-order valence-corrected chi connectivity index (χ4v) is 2.96. The molecule has 2 aromatic carbocycles. The predicted molar refractivity (Wildman–Crippen MR) is 159 cm³/mol. The Bertz CT molecular complexity index is 969. The lowest BCUT2D eigenvalue weighted by atomic mass is 10.2. The fraction of sp³-hybridized carbons (Fsp3) is 0.273. The first-order chi connectivity index (χ1) is 16.3. The van der Waals surface area contributed by atoms with Crippen LogP contribution in [0.15, 0.2) is 68.5 Å². The Balaban J connectivity index is 0.00000612. The molecule has 0 unspecified atom stereocenters. The second-order valence-electron chi connectivity index (χ2n) is 7.15. The topological polar surface area (TPSA) is 178 Å². The van der Waals surface area contributed by atoms with Gasteiger partial charge in [-0.1, -0.05) is 36.0 Å². The molecular weight excluding hydrogens is 546 g/mol. The molecule has 0 heterocycles. The number of hydrogen-bond donors (Lipinski definition) is 6. The minimum atomic E-state index is -0.103. The van der Waals surface area contributed by atoms with Crippen LogP contribution in [0.3, 0.4) is 0 Å².